The molecule has 0 aromatic heterocycles. The highest BCUT2D eigenvalue weighted by molar-refractivity contribution is 9.10. The predicted octanol–water partition coefficient (Wildman–Crippen LogP) is 4.68. The molecular formula is C18H22BrNO. The second-order valence-electron chi connectivity index (χ2n) is 5.76. The second kappa shape index (κ2) is 6.91. The molecular weight excluding hydrogens is 326 g/mol. The molecule has 1 fully saturated rings. The van der Waals surface area contributed by atoms with E-state index in [1.54, 1.807) is 0 Å². The zero-order chi connectivity index (χ0) is 14.7. The Morgan fingerprint density at radius 1 is 1.24 bits per heavy atom. The molecule has 21 heavy (non-hydrogen) atoms. The Labute approximate surface area is 135 Å². The molecule has 1 N–H and O–H groups in total. The lowest BCUT2D eigenvalue weighted by molar-refractivity contribution is 0.0393. The maximum absolute atomic E-state index is 5.69. The molecule has 1 aliphatic rings. The Bertz CT molecular complexity index is 607. The first kappa shape index (κ1) is 15.0. The van der Waals surface area contributed by atoms with Gasteiger partial charge in [-0.1, -0.05) is 41.1 Å². The number of rotatable bonds is 4. The zero-order valence-corrected chi connectivity index (χ0v) is 14.0. The van der Waals surface area contributed by atoms with E-state index in [-0.39, 0.29) is 0 Å². The van der Waals surface area contributed by atoms with E-state index < -0.39 is 0 Å². The van der Waals surface area contributed by atoms with Crippen molar-refractivity contribution in [3.8, 4) is 0 Å². The summed E-state index contributed by atoms with van der Waals surface area (Å²) in [5.74, 6) is 0.576. The van der Waals surface area contributed by atoms with Crippen molar-refractivity contribution in [3.63, 3.8) is 0 Å². The molecule has 3 heteroatoms. The van der Waals surface area contributed by atoms with Gasteiger partial charge in [0.15, 0.2) is 0 Å². The van der Waals surface area contributed by atoms with Crippen LogP contribution in [0.5, 0.6) is 0 Å². The summed E-state index contributed by atoms with van der Waals surface area (Å²) in [6.07, 6.45) is 2.42. The zero-order valence-electron chi connectivity index (χ0n) is 12.4. The Kier molecular flexibility index (Phi) is 4.94. The number of fused-ring (bicyclic) bond motifs is 1. The van der Waals surface area contributed by atoms with Crippen LogP contribution in [-0.4, -0.2) is 19.8 Å². The maximum atomic E-state index is 5.69. The molecule has 1 aliphatic heterocycles. The van der Waals surface area contributed by atoms with Crippen LogP contribution in [0, 0.1) is 5.92 Å². The Morgan fingerprint density at radius 3 is 2.81 bits per heavy atom. The molecule has 0 amide bonds. The van der Waals surface area contributed by atoms with E-state index in [0.29, 0.717) is 12.0 Å². The number of hydrogen-bond acceptors (Lipinski definition) is 2. The first-order valence-electron chi connectivity index (χ1n) is 7.78. The van der Waals surface area contributed by atoms with Gasteiger partial charge in [-0.25, -0.2) is 0 Å². The largest absolute Gasteiger partial charge is 0.381 e. The number of benzene rings is 2. The van der Waals surface area contributed by atoms with Crippen LogP contribution < -0.4 is 5.32 Å². The Morgan fingerprint density at radius 2 is 2.05 bits per heavy atom. The van der Waals surface area contributed by atoms with Crippen molar-refractivity contribution in [3.05, 3.63) is 46.4 Å². The quantitative estimate of drug-likeness (QED) is 0.866. The van der Waals surface area contributed by atoms with Gasteiger partial charge in [0, 0.05) is 23.0 Å². The van der Waals surface area contributed by atoms with Crippen molar-refractivity contribution < 1.29 is 4.74 Å². The van der Waals surface area contributed by atoms with Gasteiger partial charge in [-0.15, -0.1) is 0 Å². The third kappa shape index (κ3) is 3.47. The minimum absolute atomic E-state index is 0.392. The van der Waals surface area contributed by atoms with Gasteiger partial charge in [0.25, 0.3) is 0 Å². The minimum Gasteiger partial charge on any atom is -0.381 e. The van der Waals surface area contributed by atoms with Crippen molar-refractivity contribution in [2.75, 3.05) is 19.8 Å². The first-order chi connectivity index (χ1) is 10.3. The highest BCUT2D eigenvalue weighted by Crippen LogP contribution is 2.31. The first-order valence-corrected chi connectivity index (χ1v) is 8.57. The van der Waals surface area contributed by atoms with E-state index in [2.05, 4.69) is 64.6 Å². The summed E-state index contributed by atoms with van der Waals surface area (Å²) >= 11 is 3.54. The monoisotopic (exact) mass is 347 g/mol. The van der Waals surface area contributed by atoms with E-state index in [9.17, 15) is 0 Å². The fourth-order valence-corrected chi connectivity index (χ4v) is 3.61. The summed E-state index contributed by atoms with van der Waals surface area (Å²) < 4.78 is 6.82. The van der Waals surface area contributed by atoms with Crippen LogP contribution in [0.4, 0.5) is 0 Å². The van der Waals surface area contributed by atoms with E-state index in [0.717, 1.165) is 24.2 Å². The van der Waals surface area contributed by atoms with Crippen molar-refractivity contribution in [1.29, 1.82) is 0 Å². The van der Waals surface area contributed by atoms with Gasteiger partial charge in [-0.2, -0.15) is 0 Å². The van der Waals surface area contributed by atoms with Gasteiger partial charge in [0.1, 0.15) is 0 Å². The van der Waals surface area contributed by atoms with E-state index >= 15 is 0 Å². The van der Waals surface area contributed by atoms with Crippen molar-refractivity contribution >= 4 is 26.7 Å². The van der Waals surface area contributed by atoms with Crippen molar-refractivity contribution in [2.24, 2.45) is 5.92 Å². The topological polar surface area (TPSA) is 21.3 Å². The molecule has 0 bridgehead atoms. The lowest BCUT2D eigenvalue weighted by atomic mass is 9.88. The van der Waals surface area contributed by atoms with Crippen LogP contribution in [0.15, 0.2) is 40.9 Å². The fourth-order valence-electron chi connectivity index (χ4n) is 3.23. The predicted molar refractivity (Wildman–Crippen MR) is 91.6 cm³/mol. The summed E-state index contributed by atoms with van der Waals surface area (Å²) in [6, 6.07) is 13.7. The maximum Gasteiger partial charge on any atom is 0.0512 e. The average molecular weight is 348 g/mol. The van der Waals surface area contributed by atoms with Gasteiger partial charge >= 0.3 is 0 Å². The molecule has 1 saturated heterocycles. The van der Waals surface area contributed by atoms with Gasteiger partial charge in [-0.05, 0) is 53.9 Å². The number of hydrogen-bond donors (Lipinski definition) is 1. The van der Waals surface area contributed by atoms with E-state index in [1.165, 1.54) is 29.2 Å². The van der Waals surface area contributed by atoms with Crippen LogP contribution in [0.3, 0.4) is 0 Å². The van der Waals surface area contributed by atoms with Gasteiger partial charge < -0.3 is 10.1 Å². The van der Waals surface area contributed by atoms with E-state index in [1.807, 2.05) is 0 Å². The molecule has 3 rings (SSSR count). The summed E-state index contributed by atoms with van der Waals surface area (Å²) in [7, 11) is 0. The molecule has 0 spiro atoms. The molecule has 1 heterocycles. The molecule has 2 aromatic carbocycles. The normalized spacial score (nSPS) is 20.6. The highest BCUT2D eigenvalue weighted by Gasteiger charge is 2.25. The molecule has 2 unspecified atom stereocenters. The molecule has 2 atom stereocenters. The lowest BCUT2D eigenvalue weighted by Crippen LogP contribution is -2.33. The fraction of sp³-hybridized carbons (Fsp3) is 0.444. The third-order valence-corrected chi connectivity index (χ3v) is 4.77. The van der Waals surface area contributed by atoms with Crippen LogP contribution in [0.2, 0.25) is 0 Å². The summed E-state index contributed by atoms with van der Waals surface area (Å²) in [5, 5.41) is 6.24. The average Bonchev–Trinajstić information content (AvgIpc) is 2.53. The van der Waals surface area contributed by atoms with Crippen LogP contribution >= 0.6 is 15.9 Å². The van der Waals surface area contributed by atoms with Crippen LogP contribution in [0.1, 0.15) is 31.4 Å². The number of nitrogens with one attached hydrogen (secondary N) is 1. The minimum atomic E-state index is 0.392. The third-order valence-electron chi connectivity index (χ3n) is 4.28. The van der Waals surface area contributed by atoms with Crippen LogP contribution in [0.25, 0.3) is 10.8 Å². The summed E-state index contributed by atoms with van der Waals surface area (Å²) in [5.41, 5.74) is 1.38. The summed E-state index contributed by atoms with van der Waals surface area (Å²) in [4.78, 5) is 0. The van der Waals surface area contributed by atoms with Crippen LogP contribution in [-0.2, 0) is 4.74 Å². The molecule has 0 aliphatic carbocycles. The van der Waals surface area contributed by atoms with Crippen molar-refractivity contribution in [1.82, 2.24) is 5.32 Å². The number of halogens is 1. The Balaban J connectivity index is 1.92. The summed E-state index contributed by atoms with van der Waals surface area (Å²) in [6.45, 7) is 4.95. The second-order valence-corrected chi connectivity index (χ2v) is 6.68. The highest BCUT2D eigenvalue weighted by atomic mass is 79.9. The van der Waals surface area contributed by atoms with Crippen molar-refractivity contribution in [2.45, 2.75) is 25.8 Å². The Hall–Kier alpha value is -0.900. The standard InChI is InChI=1S/C18H22BrNO/c1-2-20-18(16-4-3-9-21-12-16)15-6-5-14-11-17(19)8-7-13(14)10-15/h5-8,10-11,16,18,20H,2-4,9,12H2,1H3. The van der Waals surface area contributed by atoms with E-state index in [4.69, 9.17) is 4.74 Å². The molecule has 0 saturated carbocycles. The lowest BCUT2D eigenvalue weighted by Gasteiger charge is -2.31. The SMILES string of the molecule is CCNC(c1ccc2cc(Br)ccc2c1)C1CCCOC1. The van der Waals surface area contributed by atoms with Gasteiger partial charge in [-0.3, -0.25) is 0 Å². The molecule has 2 aromatic rings. The molecule has 2 nitrogen and oxygen atoms in total. The van der Waals surface area contributed by atoms with Gasteiger partial charge in [0.05, 0.1) is 6.61 Å². The van der Waals surface area contributed by atoms with Gasteiger partial charge in [0.2, 0.25) is 0 Å². The number of ether oxygens (including phenoxy) is 1. The smallest absolute Gasteiger partial charge is 0.0512 e. The molecule has 112 valence electrons. The molecule has 0 radical (unpaired) electrons.